The first-order valence-electron chi connectivity index (χ1n) is 5.26. The first-order valence-corrected chi connectivity index (χ1v) is 5.26. The van der Waals surface area contributed by atoms with Crippen LogP contribution in [0.15, 0.2) is 18.2 Å². The van der Waals surface area contributed by atoms with Crippen molar-refractivity contribution in [1.82, 2.24) is 5.32 Å². The van der Waals surface area contributed by atoms with Crippen LogP contribution in [0.3, 0.4) is 0 Å². The van der Waals surface area contributed by atoms with E-state index in [9.17, 15) is 9.18 Å². The van der Waals surface area contributed by atoms with Gasteiger partial charge in [-0.25, -0.2) is 4.39 Å². The Morgan fingerprint density at radius 3 is 2.82 bits per heavy atom. The van der Waals surface area contributed by atoms with Gasteiger partial charge in [-0.2, -0.15) is 5.26 Å². The predicted octanol–water partition coefficient (Wildman–Crippen LogP) is 1.27. The number of halogens is 1. The van der Waals surface area contributed by atoms with E-state index in [4.69, 9.17) is 5.26 Å². The highest BCUT2D eigenvalue weighted by Crippen LogP contribution is 2.18. The molecule has 0 fully saturated rings. The van der Waals surface area contributed by atoms with Crippen LogP contribution in [-0.4, -0.2) is 26.0 Å². The van der Waals surface area contributed by atoms with Crippen molar-refractivity contribution < 1.29 is 9.18 Å². The summed E-state index contributed by atoms with van der Waals surface area (Å²) >= 11 is 0. The fourth-order valence-electron chi connectivity index (χ4n) is 1.44. The zero-order valence-electron chi connectivity index (χ0n) is 9.83. The Kier molecular flexibility index (Phi) is 4.46. The molecule has 1 N–H and O–H groups in total. The normalized spacial score (nSPS) is 9.53. The van der Waals surface area contributed by atoms with Crippen LogP contribution in [0.5, 0.6) is 0 Å². The molecule has 90 valence electrons. The Bertz CT molecular complexity index is 454. The Morgan fingerprint density at radius 1 is 1.59 bits per heavy atom. The molecular weight excluding hydrogens is 221 g/mol. The molecule has 1 aromatic rings. The van der Waals surface area contributed by atoms with Gasteiger partial charge in [-0.3, -0.25) is 4.79 Å². The summed E-state index contributed by atoms with van der Waals surface area (Å²) in [6, 6.07) is 6.03. The fraction of sp³-hybridized carbons (Fsp3) is 0.333. The van der Waals surface area contributed by atoms with E-state index in [0.717, 1.165) is 6.07 Å². The van der Waals surface area contributed by atoms with E-state index in [0.29, 0.717) is 12.2 Å². The molecule has 0 aliphatic heterocycles. The van der Waals surface area contributed by atoms with Gasteiger partial charge < -0.3 is 10.2 Å². The Hall–Kier alpha value is -2.09. The molecule has 0 heterocycles. The minimum atomic E-state index is -0.504. The van der Waals surface area contributed by atoms with E-state index in [-0.39, 0.29) is 18.0 Å². The second-order valence-corrected chi connectivity index (χ2v) is 3.59. The van der Waals surface area contributed by atoms with Crippen molar-refractivity contribution >= 4 is 11.6 Å². The molecule has 5 heteroatoms. The summed E-state index contributed by atoms with van der Waals surface area (Å²) < 4.78 is 13.6. The number of nitrogens with zero attached hydrogens (tertiary/aromatic N) is 2. The van der Waals surface area contributed by atoms with E-state index in [2.05, 4.69) is 5.32 Å². The van der Waals surface area contributed by atoms with Crippen molar-refractivity contribution in [1.29, 1.82) is 5.26 Å². The van der Waals surface area contributed by atoms with Gasteiger partial charge in [0.1, 0.15) is 5.82 Å². The van der Waals surface area contributed by atoms with Crippen molar-refractivity contribution in [3.05, 3.63) is 29.6 Å². The van der Waals surface area contributed by atoms with Crippen LogP contribution in [-0.2, 0) is 4.79 Å². The zero-order valence-corrected chi connectivity index (χ0v) is 9.83. The number of likely N-dealkylation sites (N-methyl/N-ethyl adjacent to an activating group) is 2. The number of rotatable bonds is 4. The zero-order chi connectivity index (χ0) is 12.8. The van der Waals surface area contributed by atoms with Gasteiger partial charge in [-0.15, -0.1) is 0 Å². The molecule has 0 saturated carbocycles. The summed E-state index contributed by atoms with van der Waals surface area (Å²) in [6.07, 6.45) is 0. The van der Waals surface area contributed by atoms with Crippen LogP contribution in [0.2, 0.25) is 0 Å². The predicted molar refractivity (Wildman–Crippen MR) is 63.1 cm³/mol. The van der Waals surface area contributed by atoms with Crippen molar-refractivity contribution in [2.24, 2.45) is 0 Å². The highest BCUT2D eigenvalue weighted by molar-refractivity contribution is 5.81. The quantitative estimate of drug-likeness (QED) is 0.855. The van der Waals surface area contributed by atoms with Crippen LogP contribution in [0.4, 0.5) is 10.1 Å². The largest absolute Gasteiger partial charge is 0.363 e. The van der Waals surface area contributed by atoms with Crippen LogP contribution in [0, 0.1) is 17.1 Å². The second-order valence-electron chi connectivity index (χ2n) is 3.59. The first kappa shape index (κ1) is 13.0. The van der Waals surface area contributed by atoms with Gasteiger partial charge in [-0.1, -0.05) is 0 Å². The third kappa shape index (κ3) is 3.45. The topological polar surface area (TPSA) is 56.1 Å². The van der Waals surface area contributed by atoms with Gasteiger partial charge in [-0.05, 0) is 25.1 Å². The van der Waals surface area contributed by atoms with E-state index in [1.807, 2.05) is 13.0 Å². The van der Waals surface area contributed by atoms with Crippen LogP contribution in [0.25, 0.3) is 0 Å². The highest BCUT2D eigenvalue weighted by Gasteiger charge is 2.11. The van der Waals surface area contributed by atoms with Crippen LogP contribution in [0.1, 0.15) is 12.5 Å². The molecule has 0 radical (unpaired) electrons. The van der Waals surface area contributed by atoms with Crippen molar-refractivity contribution in [3.63, 3.8) is 0 Å². The highest BCUT2D eigenvalue weighted by atomic mass is 19.1. The van der Waals surface area contributed by atoms with Crippen molar-refractivity contribution in [2.45, 2.75) is 6.92 Å². The summed E-state index contributed by atoms with van der Waals surface area (Å²) in [4.78, 5) is 12.8. The van der Waals surface area contributed by atoms with Gasteiger partial charge in [0.2, 0.25) is 5.91 Å². The lowest BCUT2D eigenvalue weighted by Gasteiger charge is -2.19. The van der Waals surface area contributed by atoms with E-state index >= 15 is 0 Å². The number of carbonyl (C=O) groups is 1. The number of benzene rings is 1. The molecule has 1 amide bonds. The number of hydrogen-bond acceptors (Lipinski definition) is 3. The maximum Gasteiger partial charge on any atom is 0.239 e. The average molecular weight is 235 g/mol. The number of hydrogen-bond donors (Lipinski definition) is 1. The number of nitriles is 1. The summed E-state index contributed by atoms with van der Waals surface area (Å²) in [5.74, 6) is -0.672. The fourth-order valence-corrected chi connectivity index (χ4v) is 1.44. The van der Waals surface area contributed by atoms with Crippen molar-refractivity contribution in [2.75, 3.05) is 25.0 Å². The Labute approximate surface area is 99.7 Å². The third-order valence-electron chi connectivity index (χ3n) is 2.24. The maximum atomic E-state index is 13.6. The minimum absolute atomic E-state index is 0.0800. The monoisotopic (exact) mass is 235 g/mol. The van der Waals surface area contributed by atoms with Gasteiger partial charge in [0, 0.05) is 13.6 Å². The summed E-state index contributed by atoms with van der Waals surface area (Å²) in [6.45, 7) is 2.44. The lowest BCUT2D eigenvalue weighted by molar-refractivity contribution is -0.119. The molecule has 0 saturated heterocycles. The Balaban J connectivity index is 2.79. The summed E-state index contributed by atoms with van der Waals surface area (Å²) in [5.41, 5.74) is 0.563. The lowest BCUT2D eigenvalue weighted by Crippen LogP contribution is -2.35. The van der Waals surface area contributed by atoms with Gasteiger partial charge in [0.25, 0.3) is 0 Å². The number of amides is 1. The number of carbonyl (C=O) groups excluding carboxylic acids is 1. The molecule has 0 aromatic heterocycles. The first-order chi connectivity index (χ1) is 8.08. The van der Waals surface area contributed by atoms with Gasteiger partial charge in [0.15, 0.2) is 0 Å². The van der Waals surface area contributed by atoms with E-state index in [1.54, 1.807) is 7.05 Å². The van der Waals surface area contributed by atoms with E-state index < -0.39 is 5.82 Å². The van der Waals surface area contributed by atoms with E-state index in [1.165, 1.54) is 17.0 Å². The molecule has 17 heavy (non-hydrogen) atoms. The molecule has 0 atom stereocenters. The molecule has 4 nitrogen and oxygen atoms in total. The maximum absolute atomic E-state index is 13.6. The standard InChI is InChI=1S/C12H14FN3O/c1-3-15-12(17)8-16(2)11-5-4-9(7-14)6-10(11)13/h4-6H,3,8H2,1-2H3,(H,15,17). The molecule has 0 aliphatic carbocycles. The molecule has 0 spiro atoms. The Morgan fingerprint density at radius 2 is 2.29 bits per heavy atom. The average Bonchev–Trinajstić information content (AvgIpc) is 2.28. The number of nitrogens with one attached hydrogen (secondary N) is 1. The molecule has 0 bridgehead atoms. The van der Waals surface area contributed by atoms with Gasteiger partial charge >= 0.3 is 0 Å². The molecule has 1 rings (SSSR count). The van der Waals surface area contributed by atoms with Crippen molar-refractivity contribution in [3.8, 4) is 6.07 Å². The molecule has 1 aromatic carbocycles. The van der Waals surface area contributed by atoms with Gasteiger partial charge in [0.05, 0.1) is 23.9 Å². The molecular formula is C12H14FN3O. The lowest BCUT2D eigenvalue weighted by atomic mass is 10.2. The minimum Gasteiger partial charge on any atom is -0.363 e. The van der Waals surface area contributed by atoms with Crippen LogP contribution < -0.4 is 10.2 Å². The summed E-state index contributed by atoms with van der Waals surface area (Å²) in [7, 11) is 1.62. The summed E-state index contributed by atoms with van der Waals surface area (Å²) in [5, 5.41) is 11.2. The third-order valence-corrected chi connectivity index (χ3v) is 2.24. The SMILES string of the molecule is CCNC(=O)CN(C)c1ccc(C#N)cc1F. The smallest absolute Gasteiger partial charge is 0.239 e. The molecule has 0 unspecified atom stereocenters. The molecule has 0 aliphatic rings. The number of anilines is 1. The van der Waals surface area contributed by atoms with Crippen LogP contribution >= 0.6 is 0 Å². The second kappa shape index (κ2) is 5.85.